The van der Waals surface area contributed by atoms with E-state index in [9.17, 15) is 13.2 Å². The van der Waals surface area contributed by atoms with Crippen LogP contribution in [0.1, 0.15) is 28.4 Å². The molecule has 27 heavy (non-hydrogen) atoms. The smallest absolute Gasteiger partial charge is 0.264 e. The van der Waals surface area contributed by atoms with Crippen molar-refractivity contribution in [3.05, 3.63) is 89.7 Å². The summed E-state index contributed by atoms with van der Waals surface area (Å²) in [6.45, 7) is 3.50. The lowest BCUT2D eigenvalue weighted by Crippen LogP contribution is -2.30. The minimum absolute atomic E-state index is 0.0830. The summed E-state index contributed by atoms with van der Waals surface area (Å²) in [5, 5.41) is 0. The highest BCUT2D eigenvalue weighted by molar-refractivity contribution is 7.92. The molecule has 3 rings (SSSR count). The maximum Gasteiger partial charge on any atom is 0.264 e. The monoisotopic (exact) mass is 380 g/mol. The summed E-state index contributed by atoms with van der Waals surface area (Å²) in [6, 6.07) is 17.0. The third-order valence-electron chi connectivity index (χ3n) is 4.20. The Morgan fingerprint density at radius 1 is 1.04 bits per heavy atom. The van der Waals surface area contributed by atoms with E-state index in [1.807, 2.05) is 25.1 Å². The first-order valence-electron chi connectivity index (χ1n) is 8.47. The lowest BCUT2D eigenvalue weighted by Gasteiger charge is -2.25. The van der Waals surface area contributed by atoms with Crippen molar-refractivity contribution in [1.82, 2.24) is 4.98 Å². The molecule has 3 aromatic rings. The van der Waals surface area contributed by atoms with Crippen molar-refractivity contribution >= 4 is 21.5 Å². The number of hydrogen-bond acceptors (Lipinski definition) is 4. The van der Waals surface area contributed by atoms with Crippen molar-refractivity contribution in [2.75, 3.05) is 4.31 Å². The molecule has 5 nitrogen and oxygen atoms in total. The second-order valence-electron chi connectivity index (χ2n) is 6.29. The van der Waals surface area contributed by atoms with Gasteiger partial charge in [-0.2, -0.15) is 0 Å². The first kappa shape index (κ1) is 18.8. The molecule has 0 amide bonds. The van der Waals surface area contributed by atoms with E-state index in [-0.39, 0.29) is 17.2 Å². The number of nitrogens with zero attached hydrogens (tertiary/aromatic N) is 2. The van der Waals surface area contributed by atoms with Crippen LogP contribution < -0.4 is 4.31 Å². The van der Waals surface area contributed by atoms with Gasteiger partial charge in [0, 0.05) is 18.0 Å². The van der Waals surface area contributed by atoms with Crippen LogP contribution in [0.15, 0.2) is 78.0 Å². The lowest BCUT2D eigenvalue weighted by molar-refractivity contribution is 0.101. The first-order chi connectivity index (χ1) is 12.9. The van der Waals surface area contributed by atoms with Gasteiger partial charge >= 0.3 is 0 Å². The number of Topliss-reactive ketones (excluding diaryl/α,β-unsaturated/α-hetero) is 1. The van der Waals surface area contributed by atoms with Gasteiger partial charge in [0.1, 0.15) is 0 Å². The first-order valence-corrected chi connectivity index (χ1v) is 9.91. The SMILES string of the molecule is CC(=O)c1cccc(S(=O)(=O)N(Cc2cccnc2)c2ccc(C)cc2)c1. The Morgan fingerprint density at radius 2 is 1.78 bits per heavy atom. The number of benzene rings is 2. The van der Waals surface area contributed by atoms with Gasteiger partial charge in [-0.05, 0) is 49.7 Å². The van der Waals surface area contributed by atoms with Gasteiger partial charge in [-0.1, -0.05) is 35.9 Å². The zero-order chi connectivity index (χ0) is 19.4. The molecular formula is C21H20N2O3S. The largest absolute Gasteiger partial charge is 0.295 e. The fraction of sp³-hybridized carbons (Fsp3) is 0.143. The average molecular weight is 380 g/mol. The Balaban J connectivity index is 2.09. The summed E-state index contributed by atoms with van der Waals surface area (Å²) < 4.78 is 28.1. The summed E-state index contributed by atoms with van der Waals surface area (Å²) in [6.07, 6.45) is 3.28. The molecule has 0 saturated carbocycles. The van der Waals surface area contributed by atoms with Crippen LogP contribution in [0.5, 0.6) is 0 Å². The molecule has 0 spiro atoms. The number of sulfonamides is 1. The highest BCUT2D eigenvalue weighted by Crippen LogP contribution is 2.26. The summed E-state index contributed by atoms with van der Waals surface area (Å²) in [5.41, 5.74) is 2.72. The number of carbonyl (C=O) groups excluding carboxylic acids is 1. The van der Waals surface area contributed by atoms with Crippen LogP contribution in [-0.4, -0.2) is 19.2 Å². The van der Waals surface area contributed by atoms with Gasteiger partial charge in [-0.25, -0.2) is 8.42 Å². The molecule has 0 radical (unpaired) electrons. The second kappa shape index (κ2) is 7.72. The van der Waals surface area contributed by atoms with E-state index in [0.717, 1.165) is 11.1 Å². The van der Waals surface area contributed by atoms with Gasteiger partial charge in [0.2, 0.25) is 0 Å². The summed E-state index contributed by atoms with van der Waals surface area (Å²) in [7, 11) is -3.87. The molecular weight excluding hydrogens is 360 g/mol. The average Bonchev–Trinajstić information content (AvgIpc) is 2.68. The number of pyridine rings is 1. The molecule has 0 fully saturated rings. The van der Waals surface area contributed by atoms with Crippen LogP contribution in [-0.2, 0) is 16.6 Å². The van der Waals surface area contributed by atoms with Crippen molar-refractivity contribution in [2.24, 2.45) is 0 Å². The highest BCUT2D eigenvalue weighted by Gasteiger charge is 2.26. The quantitative estimate of drug-likeness (QED) is 0.607. The van der Waals surface area contributed by atoms with Crippen molar-refractivity contribution < 1.29 is 13.2 Å². The minimum atomic E-state index is -3.87. The van der Waals surface area contributed by atoms with Crippen LogP contribution in [0.3, 0.4) is 0 Å². The van der Waals surface area contributed by atoms with Gasteiger partial charge < -0.3 is 0 Å². The topological polar surface area (TPSA) is 67.3 Å². The molecule has 1 heterocycles. The third-order valence-corrected chi connectivity index (χ3v) is 5.97. The summed E-state index contributed by atoms with van der Waals surface area (Å²) in [5.74, 6) is -0.179. The Labute approximate surface area is 159 Å². The molecule has 0 atom stereocenters. The maximum atomic E-state index is 13.4. The van der Waals surface area contributed by atoms with Crippen molar-refractivity contribution in [1.29, 1.82) is 0 Å². The van der Waals surface area contributed by atoms with E-state index in [1.165, 1.54) is 23.4 Å². The minimum Gasteiger partial charge on any atom is -0.295 e. The Kier molecular flexibility index (Phi) is 5.37. The molecule has 2 aromatic carbocycles. The number of anilines is 1. The fourth-order valence-electron chi connectivity index (χ4n) is 2.69. The van der Waals surface area contributed by atoms with Crippen molar-refractivity contribution in [2.45, 2.75) is 25.3 Å². The van der Waals surface area contributed by atoms with Gasteiger partial charge in [0.05, 0.1) is 17.1 Å². The predicted molar refractivity (Wildman–Crippen MR) is 105 cm³/mol. The number of ketones is 1. The second-order valence-corrected chi connectivity index (χ2v) is 8.15. The Morgan fingerprint density at radius 3 is 2.41 bits per heavy atom. The van der Waals surface area contributed by atoms with E-state index in [1.54, 1.807) is 42.7 Å². The van der Waals surface area contributed by atoms with E-state index < -0.39 is 10.0 Å². The molecule has 0 aliphatic carbocycles. The van der Waals surface area contributed by atoms with E-state index >= 15 is 0 Å². The number of carbonyl (C=O) groups is 1. The lowest BCUT2D eigenvalue weighted by atomic mass is 10.2. The third kappa shape index (κ3) is 4.23. The standard InChI is InChI=1S/C21H20N2O3S/c1-16-8-10-20(11-9-16)23(15-18-5-4-12-22-14-18)27(25,26)21-7-3-6-19(13-21)17(2)24/h3-14H,15H2,1-2H3. The molecule has 138 valence electrons. The summed E-state index contributed by atoms with van der Waals surface area (Å²) in [4.78, 5) is 15.8. The molecule has 6 heteroatoms. The number of rotatable bonds is 6. The molecule has 0 aliphatic heterocycles. The van der Waals surface area contributed by atoms with Crippen LogP contribution >= 0.6 is 0 Å². The number of aromatic nitrogens is 1. The van der Waals surface area contributed by atoms with Gasteiger partial charge in [-0.3, -0.25) is 14.1 Å². The summed E-state index contributed by atoms with van der Waals surface area (Å²) >= 11 is 0. The van der Waals surface area contributed by atoms with Crippen molar-refractivity contribution in [3.8, 4) is 0 Å². The zero-order valence-corrected chi connectivity index (χ0v) is 16.0. The number of aryl methyl sites for hydroxylation is 1. The molecule has 1 aromatic heterocycles. The van der Waals surface area contributed by atoms with E-state index in [4.69, 9.17) is 0 Å². The van der Waals surface area contributed by atoms with Crippen molar-refractivity contribution in [3.63, 3.8) is 0 Å². The van der Waals surface area contributed by atoms with Gasteiger partial charge in [0.15, 0.2) is 5.78 Å². The van der Waals surface area contributed by atoms with E-state index in [2.05, 4.69) is 4.98 Å². The molecule has 0 N–H and O–H groups in total. The Bertz CT molecular complexity index is 1050. The molecule has 0 saturated heterocycles. The van der Waals surface area contributed by atoms with Crippen LogP contribution in [0, 0.1) is 6.92 Å². The zero-order valence-electron chi connectivity index (χ0n) is 15.2. The van der Waals surface area contributed by atoms with Crippen LogP contribution in [0.4, 0.5) is 5.69 Å². The fourth-order valence-corrected chi connectivity index (χ4v) is 4.19. The van der Waals surface area contributed by atoms with Crippen LogP contribution in [0.25, 0.3) is 0 Å². The molecule has 0 bridgehead atoms. The number of hydrogen-bond donors (Lipinski definition) is 0. The van der Waals surface area contributed by atoms with Gasteiger partial charge in [0.25, 0.3) is 10.0 Å². The molecule has 0 unspecified atom stereocenters. The highest BCUT2D eigenvalue weighted by atomic mass is 32.2. The van der Waals surface area contributed by atoms with Gasteiger partial charge in [-0.15, -0.1) is 0 Å². The van der Waals surface area contributed by atoms with E-state index in [0.29, 0.717) is 11.3 Å². The Hall–Kier alpha value is -2.99. The predicted octanol–water partition coefficient (Wildman–Crippen LogP) is 3.99. The normalized spacial score (nSPS) is 11.2. The molecule has 0 aliphatic rings. The maximum absolute atomic E-state index is 13.4. The van der Waals surface area contributed by atoms with Crippen LogP contribution in [0.2, 0.25) is 0 Å².